The predicted molar refractivity (Wildman–Crippen MR) is 85.7 cm³/mol. The van der Waals surface area contributed by atoms with Crippen LogP contribution in [-0.4, -0.2) is 26.0 Å². The highest BCUT2D eigenvalue weighted by molar-refractivity contribution is 6.30. The van der Waals surface area contributed by atoms with Crippen LogP contribution in [0.15, 0.2) is 36.4 Å². The van der Waals surface area contributed by atoms with E-state index in [1.54, 1.807) is 24.3 Å². The summed E-state index contributed by atoms with van der Waals surface area (Å²) in [6.07, 6.45) is 0. The molecule has 2 rings (SSSR count). The van der Waals surface area contributed by atoms with E-state index in [4.69, 9.17) is 25.8 Å². The highest BCUT2D eigenvalue weighted by atomic mass is 35.5. The van der Waals surface area contributed by atoms with Gasteiger partial charge in [0.25, 0.3) is 0 Å². The minimum absolute atomic E-state index is 0.107. The molecule has 0 amide bonds. The Hall–Kier alpha value is -2.53. The lowest BCUT2D eigenvalue weighted by molar-refractivity contribution is -0.131. The standard InChI is InChI=1S/C17H15ClO5/c1-10(19)23-14-9-16(22-3)15(21-2)8-13(14)17(20)11-4-6-12(18)7-5-11/h4-9H,1-3H3. The lowest BCUT2D eigenvalue weighted by Crippen LogP contribution is -2.09. The quantitative estimate of drug-likeness (QED) is 0.475. The number of hydrogen-bond donors (Lipinski definition) is 0. The van der Waals surface area contributed by atoms with Crippen molar-refractivity contribution in [3.05, 3.63) is 52.5 Å². The van der Waals surface area contributed by atoms with Crippen molar-refractivity contribution in [3.8, 4) is 17.2 Å². The van der Waals surface area contributed by atoms with Crippen LogP contribution in [0.3, 0.4) is 0 Å². The first kappa shape index (κ1) is 16.8. The van der Waals surface area contributed by atoms with Gasteiger partial charge in [0, 0.05) is 23.6 Å². The fourth-order valence-corrected chi connectivity index (χ4v) is 2.16. The third-order valence-electron chi connectivity index (χ3n) is 3.09. The van der Waals surface area contributed by atoms with Crippen LogP contribution in [0.5, 0.6) is 17.2 Å². The maximum atomic E-state index is 12.7. The number of rotatable bonds is 5. The van der Waals surface area contributed by atoms with Crippen molar-refractivity contribution in [2.24, 2.45) is 0 Å². The zero-order valence-corrected chi connectivity index (χ0v) is 13.6. The minimum atomic E-state index is -0.539. The summed E-state index contributed by atoms with van der Waals surface area (Å²) in [4.78, 5) is 24.0. The predicted octanol–water partition coefficient (Wildman–Crippen LogP) is 3.51. The molecule has 6 heteroatoms. The van der Waals surface area contributed by atoms with Crippen LogP contribution in [0, 0.1) is 0 Å². The summed E-state index contributed by atoms with van der Waals surface area (Å²) in [6, 6.07) is 9.34. The highest BCUT2D eigenvalue weighted by Gasteiger charge is 2.20. The molecule has 23 heavy (non-hydrogen) atoms. The molecule has 120 valence electrons. The molecule has 0 fully saturated rings. The van der Waals surface area contributed by atoms with Crippen molar-refractivity contribution in [1.82, 2.24) is 0 Å². The minimum Gasteiger partial charge on any atom is -0.493 e. The first-order valence-corrected chi connectivity index (χ1v) is 7.08. The first-order valence-electron chi connectivity index (χ1n) is 6.71. The average molecular weight is 335 g/mol. The molecule has 0 aliphatic carbocycles. The van der Waals surface area contributed by atoms with E-state index in [1.807, 2.05) is 0 Å². The summed E-state index contributed by atoms with van der Waals surface area (Å²) >= 11 is 5.83. The van der Waals surface area contributed by atoms with Gasteiger partial charge in [-0.05, 0) is 30.3 Å². The van der Waals surface area contributed by atoms with Gasteiger partial charge in [-0.1, -0.05) is 11.6 Å². The Morgan fingerprint density at radius 1 is 0.913 bits per heavy atom. The van der Waals surface area contributed by atoms with Gasteiger partial charge >= 0.3 is 5.97 Å². The van der Waals surface area contributed by atoms with E-state index in [0.717, 1.165) is 0 Å². The summed E-state index contributed by atoms with van der Waals surface area (Å²) in [5.74, 6) is -0.0338. The largest absolute Gasteiger partial charge is 0.493 e. The van der Waals surface area contributed by atoms with Gasteiger partial charge in [0.2, 0.25) is 0 Å². The van der Waals surface area contributed by atoms with Crippen molar-refractivity contribution < 1.29 is 23.8 Å². The van der Waals surface area contributed by atoms with Crippen LogP contribution in [0.4, 0.5) is 0 Å². The van der Waals surface area contributed by atoms with Crippen LogP contribution in [0.25, 0.3) is 0 Å². The molecule has 0 atom stereocenters. The Morgan fingerprint density at radius 3 is 2.00 bits per heavy atom. The van der Waals surface area contributed by atoms with Crippen molar-refractivity contribution >= 4 is 23.4 Å². The van der Waals surface area contributed by atoms with Gasteiger partial charge in [-0.15, -0.1) is 0 Å². The van der Waals surface area contributed by atoms with Gasteiger partial charge in [0.15, 0.2) is 17.3 Å². The normalized spacial score (nSPS) is 10.1. The molecular weight excluding hydrogens is 320 g/mol. The molecule has 0 aliphatic heterocycles. The number of carbonyl (C=O) groups excluding carboxylic acids is 2. The third kappa shape index (κ3) is 3.81. The van der Waals surface area contributed by atoms with Crippen molar-refractivity contribution in [1.29, 1.82) is 0 Å². The number of benzene rings is 2. The second-order valence-electron chi connectivity index (χ2n) is 4.63. The molecular formula is C17H15ClO5. The number of halogens is 1. The van der Waals surface area contributed by atoms with E-state index >= 15 is 0 Å². The number of ketones is 1. The fraction of sp³-hybridized carbons (Fsp3) is 0.176. The monoisotopic (exact) mass is 334 g/mol. The topological polar surface area (TPSA) is 61.8 Å². The Kier molecular flexibility index (Phi) is 5.24. The molecule has 0 radical (unpaired) electrons. The number of hydrogen-bond acceptors (Lipinski definition) is 5. The number of ether oxygens (including phenoxy) is 3. The molecule has 0 aromatic heterocycles. The smallest absolute Gasteiger partial charge is 0.308 e. The van der Waals surface area contributed by atoms with E-state index < -0.39 is 5.97 Å². The number of carbonyl (C=O) groups is 2. The second-order valence-corrected chi connectivity index (χ2v) is 5.07. The molecule has 0 heterocycles. The SMILES string of the molecule is COc1cc(OC(C)=O)c(C(=O)c2ccc(Cl)cc2)cc1OC. The van der Waals surface area contributed by atoms with Crippen LogP contribution >= 0.6 is 11.6 Å². The molecule has 0 spiro atoms. The average Bonchev–Trinajstić information content (AvgIpc) is 2.54. The van der Waals surface area contributed by atoms with Crippen molar-refractivity contribution in [3.63, 3.8) is 0 Å². The molecule has 0 saturated carbocycles. The fourth-order valence-electron chi connectivity index (χ4n) is 2.03. The molecule has 0 bridgehead atoms. The van der Waals surface area contributed by atoms with Crippen molar-refractivity contribution in [2.75, 3.05) is 14.2 Å². The Labute approximate surface area is 138 Å². The van der Waals surface area contributed by atoms with Gasteiger partial charge in [-0.3, -0.25) is 9.59 Å². The summed E-state index contributed by atoms with van der Waals surface area (Å²) in [5, 5.41) is 0.522. The summed E-state index contributed by atoms with van der Waals surface area (Å²) in [7, 11) is 2.91. The van der Waals surface area contributed by atoms with Gasteiger partial charge in [0.1, 0.15) is 5.75 Å². The molecule has 0 N–H and O–H groups in total. The molecule has 0 saturated heterocycles. The van der Waals surface area contributed by atoms with E-state index in [1.165, 1.54) is 33.3 Å². The molecule has 5 nitrogen and oxygen atoms in total. The van der Waals surface area contributed by atoms with Crippen LogP contribution in [0.2, 0.25) is 5.02 Å². The summed E-state index contributed by atoms with van der Waals surface area (Å²) in [6.45, 7) is 1.26. The molecule has 0 aliphatic rings. The third-order valence-corrected chi connectivity index (χ3v) is 3.34. The van der Waals surface area contributed by atoms with Gasteiger partial charge in [-0.25, -0.2) is 0 Å². The van der Waals surface area contributed by atoms with Crippen LogP contribution < -0.4 is 14.2 Å². The number of methoxy groups -OCH3 is 2. The van der Waals surface area contributed by atoms with Crippen LogP contribution in [0.1, 0.15) is 22.8 Å². The Balaban J connectivity index is 2.55. The lowest BCUT2D eigenvalue weighted by Gasteiger charge is -2.13. The van der Waals surface area contributed by atoms with E-state index in [9.17, 15) is 9.59 Å². The first-order chi connectivity index (χ1) is 11.0. The zero-order chi connectivity index (χ0) is 17.0. The molecule has 0 unspecified atom stereocenters. The Bertz CT molecular complexity index is 737. The van der Waals surface area contributed by atoms with E-state index in [2.05, 4.69) is 0 Å². The van der Waals surface area contributed by atoms with E-state index in [0.29, 0.717) is 22.1 Å². The highest BCUT2D eigenvalue weighted by Crippen LogP contribution is 2.36. The zero-order valence-electron chi connectivity index (χ0n) is 12.9. The van der Waals surface area contributed by atoms with Crippen LogP contribution in [-0.2, 0) is 4.79 Å². The lowest BCUT2D eigenvalue weighted by atomic mass is 10.0. The maximum Gasteiger partial charge on any atom is 0.308 e. The van der Waals surface area contributed by atoms with Crippen molar-refractivity contribution in [2.45, 2.75) is 6.92 Å². The van der Waals surface area contributed by atoms with Gasteiger partial charge in [0.05, 0.1) is 19.8 Å². The second kappa shape index (κ2) is 7.15. The maximum absolute atomic E-state index is 12.7. The molecule has 2 aromatic rings. The van der Waals surface area contributed by atoms with Gasteiger partial charge in [-0.2, -0.15) is 0 Å². The number of esters is 1. The summed E-state index contributed by atoms with van der Waals surface area (Å²) in [5.41, 5.74) is 0.607. The summed E-state index contributed by atoms with van der Waals surface area (Å²) < 4.78 is 15.5. The van der Waals surface area contributed by atoms with E-state index in [-0.39, 0.29) is 17.1 Å². The molecule has 2 aromatic carbocycles. The van der Waals surface area contributed by atoms with Gasteiger partial charge < -0.3 is 14.2 Å². The Morgan fingerprint density at radius 2 is 1.48 bits per heavy atom.